The van der Waals surface area contributed by atoms with E-state index in [4.69, 9.17) is 15.0 Å². The Morgan fingerprint density at radius 2 is 0.735 bits per heavy atom. The first-order valence-corrected chi connectivity index (χ1v) is 23.0. The maximum atomic E-state index is 9.97. The van der Waals surface area contributed by atoms with E-state index in [0.29, 0.717) is 23.0 Å². The molecule has 9 aromatic carbocycles. The molecule has 0 aliphatic heterocycles. The summed E-state index contributed by atoms with van der Waals surface area (Å²) in [5.74, 6) is 1.75. The molecular formula is C62H44N6. The second-order valence-electron chi connectivity index (χ2n) is 17.9. The molecule has 0 spiro atoms. The quantitative estimate of drug-likeness (QED) is 0.160. The van der Waals surface area contributed by atoms with Gasteiger partial charge in [-0.05, 0) is 129 Å². The zero-order chi connectivity index (χ0) is 46.0. The Kier molecular flexibility index (Phi) is 9.67. The minimum Gasteiger partial charge on any atom is -0.309 e. The van der Waals surface area contributed by atoms with Crippen LogP contribution in [0, 0.1) is 39.0 Å². The van der Waals surface area contributed by atoms with Gasteiger partial charge in [-0.1, -0.05) is 131 Å². The van der Waals surface area contributed by atoms with E-state index in [-0.39, 0.29) is 0 Å². The lowest BCUT2D eigenvalue weighted by atomic mass is 9.94. The van der Waals surface area contributed by atoms with Crippen LogP contribution in [0.1, 0.15) is 27.8 Å². The van der Waals surface area contributed by atoms with E-state index in [2.05, 4.69) is 182 Å². The number of benzene rings is 9. The Hall–Kier alpha value is -8.92. The SMILES string of the molecule is Cc1ccc2c(c1)c1cc(C)ccc1n2-c1ccc(-c2cccc(C#N)c2)cc1-c1ccc(-n2c3ccc(C)cc3c3cc(C)ccc32)c(-c2nc(-c3ccccc3)nc(-c3ccccc3)n2)c1. The van der Waals surface area contributed by atoms with Crippen LogP contribution in [0.25, 0.3) is 111 Å². The second-order valence-corrected chi connectivity index (χ2v) is 17.9. The van der Waals surface area contributed by atoms with Crippen molar-refractivity contribution in [3.63, 3.8) is 0 Å². The Morgan fingerprint density at radius 1 is 0.338 bits per heavy atom. The first kappa shape index (κ1) is 40.6. The molecule has 0 aliphatic rings. The maximum absolute atomic E-state index is 9.97. The zero-order valence-electron chi connectivity index (χ0n) is 38.2. The van der Waals surface area contributed by atoms with E-state index in [1.165, 1.54) is 43.8 Å². The molecule has 0 radical (unpaired) electrons. The molecule has 0 N–H and O–H groups in total. The summed E-state index contributed by atoms with van der Waals surface area (Å²) in [5.41, 5.74) is 18.5. The van der Waals surface area contributed by atoms with Gasteiger partial charge in [0, 0.05) is 43.8 Å². The average Bonchev–Trinajstić information content (AvgIpc) is 3.86. The van der Waals surface area contributed by atoms with Crippen LogP contribution in [0.15, 0.2) is 194 Å². The summed E-state index contributed by atoms with van der Waals surface area (Å²) in [5, 5.41) is 14.8. The fraction of sp³-hybridized carbons (Fsp3) is 0.0645. The van der Waals surface area contributed by atoms with Gasteiger partial charge < -0.3 is 9.13 Å². The Balaban J connectivity index is 1.20. The molecule has 0 saturated carbocycles. The highest BCUT2D eigenvalue weighted by atomic mass is 15.1. The number of nitriles is 1. The molecule has 0 aliphatic carbocycles. The Labute approximate surface area is 394 Å². The number of hydrogen-bond acceptors (Lipinski definition) is 4. The van der Waals surface area contributed by atoms with Gasteiger partial charge in [0.05, 0.1) is 45.1 Å². The van der Waals surface area contributed by atoms with E-state index in [1.54, 1.807) is 0 Å². The number of aromatic nitrogens is 5. The van der Waals surface area contributed by atoms with Crippen molar-refractivity contribution in [2.45, 2.75) is 27.7 Å². The van der Waals surface area contributed by atoms with Gasteiger partial charge >= 0.3 is 0 Å². The molecule has 6 nitrogen and oxygen atoms in total. The van der Waals surface area contributed by atoms with Crippen molar-refractivity contribution in [2.24, 2.45) is 0 Å². The van der Waals surface area contributed by atoms with Crippen LogP contribution in [0.3, 0.4) is 0 Å². The Bertz CT molecular complexity index is 3840. The molecule has 0 fully saturated rings. The predicted octanol–water partition coefficient (Wildman–Crippen LogP) is 15.5. The van der Waals surface area contributed by atoms with E-state index in [1.807, 2.05) is 54.6 Å². The van der Waals surface area contributed by atoms with Gasteiger partial charge in [0.1, 0.15) is 0 Å². The molecule has 0 bridgehead atoms. The largest absolute Gasteiger partial charge is 0.309 e. The number of aryl methyl sites for hydroxylation is 4. The molecule has 12 rings (SSSR count). The average molecular weight is 873 g/mol. The maximum Gasteiger partial charge on any atom is 0.166 e. The van der Waals surface area contributed by atoms with Crippen LogP contribution in [-0.4, -0.2) is 24.1 Å². The van der Waals surface area contributed by atoms with Crippen molar-refractivity contribution in [1.29, 1.82) is 5.26 Å². The van der Waals surface area contributed by atoms with E-state index in [0.717, 1.165) is 72.4 Å². The molecule has 12 aromatic rings. The zero-order valence-corrected chi connectivity index (χ0v) is 38.2. The van der Waals surface area contributed by atoms with Gasteiger partial charge in [-0.25, -0.2) is 15.0 Å². The lowest BCUT2D eigenvalue weighted by Gasteiger charge is -2.19. The van der Waals surface area contributed by atoms with Gasteiger partial charge in [0.25, 0.3) is 0 Å². The summed E-state index contributed by atoms with van der Waals surface area (Å²) in [6.45, 7) is 8.62. The number of hydrogen-bond donors (Lipinski definition) is 0. The molecule has 68 heavy (non-hydrogen) atoms. The molecule has 0 amide bonds. The first-order chi connectivity index (χ1) is 33.3. The molecule has 0 saturated heterocycles. The third-order valence-corrected chi connectivity index (χ3v) is 13.2. The Morgan fingerprint density at radius 3 is 1.21 bits per heavy atom. The summed E-state index contributed by atoms with van der Waals surface area (Å²) < 4.78 is 4.78. The second kappa shape index (κ2) is 16.2. The summed E-state index contributed by atoms with van der Waals surface area (Å²) >= 11 is 0. The standard InChI is InChI=1S/C62H44N6/c1-38-18-24-55-49(30-38)50-31-39(2)19-25-56(50)67(55)54-28-22-46(45-17-11-12-42(34-45)37-63)35-48(54)47-23-29-59(68-57-26-20-40(3)32-51(57)52-33-41(4)21-27-58(52)68)53(36-47)62-65-60(43-13-7-5-8-14-43)64-61(66-62)44-15-9-6-10-16-44/h5-36H,1-4H3. The monoisotopic (exact) mass is 872 g/mol. The van der Waals surface area contributed by atoms with Crippen molar-refractivity contribution >= 4 is 43.6 Å². The molecular weight excluding hydrogens is 829 g/mol. The van der Waals surface area contributed by atoms with Gasteiger partial charge in [-0.3, -0.25) is 0 Å². The van der Waals surface area contributed by atoms with Crippen molar-refractivity contribution in [1.82, 2.24) is 24.1 Å². The molecule has 6 heteroatoms. The minimum absolute atomic E-state index is 0.561. The first-order valence-electron chi connectivity index (χ1n) is 23.0. The molecule has 322 valence electrons. The highest BCUT2D eigenvalue weighted by Gasteiger charge is 2.23. The van der Waals surface area contributed by atoms with Gasteiger partial charge in [-0.15, -0.1) is 0 Å². The van der Waals surface area contributed by atoms with Crippen LogP contribution < -0.4 is 0 Å². The lowest BCUT2D eigenvalue weighted by molar-refractivity contribution is 1.06. The third-order valence-electron chi connectivity index (χ3n) is 13.2. The van der Waals surface area contributed by atoms with Crippen molar-refractivity contribution in [3.05, 3.63) is 222 Å². The van der Waals surface area contributed by atoms with Gasteiger partial charge in [-0.2, -0.15) is 5.26 Å². The van der Waals surface area contributed by atoms with Crippen molar-refractivity contribution < 1.29 is 0 Å². The van der Waals surface area contributed by atoms with Crippen LogP contribution in [0.5, 0.6) is 0 Å². The number of rotatable bonds is 7. The van der Waals surface area contributed by atoms with Crippen molar-refractivity contribution in [2.75, 3.05) is 0 Å². The fourth-order valence-electron chi connectivity index (χ4n) is 9.94. The number of nitrogens with zero attached hydrogens (tertiary/aromatic N) is 6. The smallest absolute Gasteiger partial charge is 0.166 e. The minimum atomic E-state index is 0.561. The van der Waals surface area contributed by atoms with Crippen LogP contribution in [0.2, 0.25) is 0 Å². The van der Waals surface area contributed by atoms with E-state index >= 15 is 0 Å². The topological polar surface area (TPSA) is 72.3 Å². The highest BCUT2D eigenvalue weighted by Crippen LogP contribution is 2.43. The van der Waals surface area contributed by atoms with Crippen LogP contribution in [0.4, 0.5) is 0 Å². The highest BCUT2D eigenvalue weighted by molar-refractivity contribution is 6.11. The van der Waals surface area contributed by atoms with Crippen LogP contribution in [-0.2, 0) is 0 Å². The molecule has 0 atom stereocenters. The third kappa shape index (κ3) is 6.92. The fourth-order valence-corrected chi connectivity index (χ4v) is 9.94. The summed E-state index contributed by atoms with van der Waals surface area (Å²) in [7, 11) is 0. The molecule has 0 unspecified atom stereocenters. The molecule has 3 aromatic heterocycles. The summed E-state index contributed by atoms with van der Waals surface area (Å²) in [6.07, 6.45) is 0. The normalized spacial score (nSPS) is 11.5. The number of fused-ring (bicyclic) bond motifs is 6. The van der Waals surface area contributed by atoms with Crippen molar-refractivity contribution in [3.8, 4) is 73.9 Å². The summed E-state index contributed by atoms with van der Waals surface area (Å²) in [4.78, 5) is 15.9. The summed E-state index contributed by atoms with van der Waals surface area (Å²) in [6, 6.07) is 70.9. The predicted molar refractivity (Wildman–Crippen MR) is 279 cm³/mol. The van der Waals surface area contributed by atoms with E-state index in [9.17, 15) is 5.26 Å². The molecule has 3 heterocycles. The van der Waals surface area contributed by atoms with Gasteiger partial charge in [0.2, 0.25) is 0 Å². The lowest BCUT2D eigenvalue weighted by Crippen LogP contribution is -2.04. The van der Waals surface area contributed by atoms with E-state index < -0.39 is 0 Å². The van der Waals surface area contributed by atoms with Crippen LogP contribution >= 0.6 is 0 Å². The van der Waals surface area contributed by atoms with Gasteiger partial charge in [0.15, 0.2) is 17.5 Å².